The number of nitriles is 1. The highest BCUT2D eigenvalue weighted by molar-refractivity contribution is 7.90. The molecule has 84 valence electrons. The van der Waals surface area contributed by atoms with Gasteiger partial charge in [0, 0.05) is 0 Å². The first-order valence-corrected chi connectivity index (χ1v) is 5.41. The Morgan fingerprint density at radius 1 is 1.44 bits per heavy atom. The number of hydrogen-bond donors (Lipinski definition) is 2. The van der Waals surface area contributed by atoms with E-state index in [9.17, 15) is 12.8 Å². The van der Waals surface area contributed by atoms with E-state index in [-0.39, 0.29) is 4.90 Å². The number of sulfonamides is 1. The highest BCUT2D eigenvalue weighted by Gasteiger charge is 2.13. The molecule has 3 N–H and O–H groups in total. The van der Waals surface area contributed by atoms with Gasteiger partial charge in [-0.3, -0.25) is 5.32 Å². The van der Waals surface area contributed by atoms with Gasteiger partial charge in [-0.25, -0.2) is 4.39 Å². The summed E-state index contributed by atoms with van der Waals surface area (Å²) in [7, 11) is -4.02. The van der Waals surface area contributed by atoms with E-state index < -0.39 is 21.8 Å². The lowest BCUT2D eigenvalue weighted by Crippen LogP contribution is -2.28. The van der Waals surface area contributed by atoms with Crippen molar-refractivity contribution in [3.63, 3.8) is 0 Å². The number of guanidine groups is 1. The molecule has 0 heterocycles. The van der Waals surface area contributed by atoms with Crippen molar-refractivity contribution >= 4 is 16.0 Å². The van der Waals surface area contributed by atoms with Gasteiger partial charge in [0.1, 0.15) is 5.82 Å². The van der Waals surface area contributed by atoms with Crippen molar-refractivity contribution in [2.75, 3.05) is 0 Å². The van der Waals surface area contributed by atoms with Gasteiger partial charge in [-0.1, -0.05) is 0 Å². The monoisotopic (exact) mass is 242 g/mol. The molecule has 6 nitrogen and oxygen atoms in total. The van der Waals surface area contributed by atoms with Gasteiger partial charge >= 0.3 is 0 Å². The van der Waals surface area contributed by atoms with E-state index in [2.05, 4.69) is 4.40 Å². The molecule has 0 fully saturated rings. The molecule has 0 saturated heterocycles. The maximum atomic E-state index is 12.5. The summed E-state index contributed by atoms with van der Waals surface area (Å²) in [6.07, 6.45) is 1.42. The van der Waals surface area contributed by atoms with E-state index in [1.165, 1.54) is 6.19 Å². The molecule has 16 heavy (non-hydrogen) atoms. The normalized spacial score (nSPS) is 11.9. The Balaban J connectivity index is 3.09. The Kier molecular flexibility index (Phi) is 3.42. The Morgan fingerprint density at radius 2 is 2.00 bits per heavy atom. The maximum Gasteiger partial charge on any atom is 0.285 e. The highest BCUT2D eigenvalue weighted by atomic mass is 32.2. The maximum absolute atomic E-state index is 12.5. The molecule has 8 heteroatoms. The van der Waals surface area contributed by atoms with Gasteiger partial charge in [0.25, 0.3) is 10.0 Å². The van der Waals surface area contributed by atoms with Crippen molar-refractivity contribution < 1.29 is 12.8 Å². The van der Waals surface area contributed by atoms with E-state index in [0.29, 0.717) is 0 Å². The molecule has 1 rings (SSSR count). The first-order valence-electron chi connectivity index (χ1n) is 3.97. The molecule has 0 bridgehead atoms. The van der Waals surface area contributed by atoms with Gasteiger partial charge in [0.05, 0.1) is 4.90 Å². The fourth-order valence-corrected chi connectivity index (χ4v) is 1.76. The van der Waals surface area contributed by atoms with Gasteiger partial charge in [0.2, 0.25) is 5.96 Å². The van der Waals surface area contributed by atoms with Crippen LogP contribution in [0.4, 0.5) is 4.39 Å². The minimum Gasteiger partial charge on any atom is -0.368 e. The third-order valence-electron chi connectivity index (χ3n) is 1.51. The molecule has 0 aliphatic heterocycles. The molecule has 0 atom stereocenters. The Morgan fingerprint density at radius 3 is 2.50 bits per heavy atom. The molecule has 1 aromatic carbocycles. The zero-order valence-electron chi connectivity index (χ0n) is 7.88. The lowest BCUT2D eigenvalue weighted by atomic mass is 10.4. The number of rotatable bonds is 2. The van der Waals surface area contributed by atoms with Crippen LogP contribution >= 0.6 is 0 Å². The minimum atomic E-state index is -4.02. The van der Waals surface area contributed by atoms with Gasteiger partial charge in [-0.15, -0.1) is 4.40 Å². The fourth-order valence-electron chi connectivity index (χ4n) is 0.869. The van der Waals surface area contributed by atoms with Crippen LogP contribution in [0.2, 0.25) is 0 Å². The Hall–Kier alpha value is -2.14. The predicted octanol–water partition coefficient (Wildman–Crippen LogP) is -0.100. The Labute approximate surface area is 91.3 Å². The Bertz CT molecular complexity index is 544. The van der Waals surface area contributed by atoms with Crippen LogP contribution in [0.1, 0.15) is 0 Å². The highest BCUT2D eigenvalue weighted by Crippen LogP contribution is 2.12. The average Bonchev–Trinajstić information content (AvgIpc) is 2.17. The first kappa shape index (κ1) is 11.9. The van der Waals surface area contributed by atoms with Gasteiger partial charge in [-0.05, 0) is 24.3 Å². The third kappa shape index (κ3) is 2.93. The standard InChI is InChI=1S/C8H7FN4O2S/c9-6-1-3-7(4-2-6)16(14,15)13-8(11)12-5-10/h1-4H,(H3,11,12,13). The van der Waals surface area contributed by atoms with Crippen molar-refractivity contribution in [3.8, 4) is 6.19 Å². The molecule has 0 spiro atoms. The molecule has 0 amide bonds. The van der Waals surface area contributed by atoms with E-state index >= 15 is 0 Å². The van der Waals surface area contributed by atoms with Crippen LogP contribution in [0.5, 0.6) is 0 Å². The minimum absolute atomic E-state index is 0.211. The molecule has 0 saturated carbocycles. The van der Waals surface area contributed by atoms with Crippen LogP contribution < -0.4 is 11.1 Å². The predicted molar refractivity (Wildman–Crippen MR) is 54.0 cm³/mol. The van der Waals surface area contributed by atoms with Crippen molar-refractivity contribution in [1.82, 2.24) is 5.32 Å². The zero-order chi connectivity index (χ0) is 12.2. The number of benzene rings is 1. The summed E-state index contributed by atoms with van der Waals surface area (Å²) in [6.45, 7) is 0. The summed E-state index contributed by atoms with van der Waals surface area (Å²) in [5.41, 5.74) is 5.10. The van der Waals surface area contributed by atoms with E-state index in [4.69, 9.17) is 11.0 Å². The lowest BCUT2D eigenvalue weighted by molar-refractivity contribution is 0.596. The molecule has 0 aromatic heterocycles. The van der Waals surface area contributed by atoms with Gasteiger partial charge in [0.15, 0.2) is 6.19 Å². The molecule has 0 unspecified atom stereocenters. The molecule has 0 aliphatic carbocycles. The fraction of sp³-hybridized carbons (Fsp3) is 0. The van der Waals surface area contributed by atoms with Crippen LogP contribution in [-0.4, -0.2) is 14.4 Å². The second kappa shape index (κ2) is 4.59. The van der Waals surface area contributed by atoms with Crippen LogP contribution in [0.15, 0.2) is 33.6 Å². The molecule has 1 aromatic rings. The quantitative estimate of drug-likeness (QED) is 0.326. The number of nitrogens with two attached hydrogens (primary N) is 1. The largest absolute Gasteiger partial charge is 0.368 e. The topological polar surface area (TPSA) is 108 Å². The summed E-state index contributed by atoms with van der Waals surface area (Å²) in [5.74, 6) is -1.11. The van der Waals surface area contributed by atoms with Crippen molar-refractivity contribution in [3.05, 3.63) is 30.1 Å². The molecule has 0 aliphatic rings. The van der Waals surface area contributed by atoms with Crippen molar-refractivity contribution in [2.24, 2.45) is 10.1 Å². The SMILES string of the molecule is N#CN/C(N)=N/S(=O)(=O)c1ccc(F)cc1. The van der Waals surface area contributed by atoms with Crippen molar-refractivity contribution in [2.45, 2.75) is 4.90 Å². The lowest BCUT2D eigenvalue weighted by Gasteiger charge is -1.99. The number of nitrogens with one attached hydrogen (secondary N) is 1. The second-order valence-electron chi connectivity index (χ2n) is 2.64. The third-order valence-corrected chi connectivity index (χ3v) is 2.82. The van der Waals surface area contributed by atoms with Gasteiger partial charge in [-0.2, -0.15) is 13.7 Å². The number of nitrogens with zero attached hydrogens (tertiary/aromatic N) is 2. The van der Waals surface area contributed by atoms with E-state index in [0.717, 1.165) is 24.3 Å². The zero-order valence-corrected chi connectivity index (χ0v) is 8.70. The smallest absolute Gasteiger partial charge is 0.285 e. The van der Waals surface area contributed by atoms with E-state index in [1.807, 2.05) is 5.32 Å². The summed E-state index contributed by atoms with van der Waals surface area (Å²) >= 11 is 0. The number of hydrogen-bond acceptors (Lipinski definition) is 3. The molecular weight excluding hydrogens is 235 g/mol. The average molecular weight is 242 g/mol. The van der Waals surface area contributed by atoms with Crippen LogP contribution in [0.25, 0.3) is 0 Å². The van der Waals surface area contributed by atoms with Gasteiger partial charge < -0.3 is 5.73 Å². The number of halogens is 1. The second-order valence-corrected chi connectivity index (χ2v) is 4.25. The van der Waals surface area contributed by atoms with Crippen molar-refractivity contribution in [1.29, 1.82) is 5.26 Å². The summed E-state index contributed by atoms with van der Waals surface area (Å²) in [5, 5.41) is 10.0. The summed E-state index contributed by atoms with van der Waals surface area (Å²) in [6, 6.07) is 4.06. The van der Waals surface area contributed by atoms with Crippen LogP contribution in [-0.2, 0) is 10.0 Å². The molecule has 0 radical (unpaired) electrons. The van der Waals surface area contributed by atoms with Crippen LogP contribution in [0.3, 0.4) is 0 Å². The summed E-state index contributed by atoms with van der Waals surface area (Å²) < 4.78 is 38.6. The molecular formula is C8H7FN4O2S. The van der Waals surface area contributed by atoms with Crippen LogP contribution in [0, 0.1) is 17.3 Å². The first-order chi connectivity index (χ1) is 7.45. The summed E-state index contributed by atoms with van der Waals surface area (Å²) in [4.78, 5) is -0.211. The van der Waals surface area contributed by atoms with E-state index in [1.54, 1.807) is 0 Å².